The van der Waals surface area contributed by atoms with Gasteiger partial charge in [-0.15, -0.1) is 0 Å². The van der Waals surface area contributed by atoms with Crippen LogP contribution < -0.4 is 5.32 Å². The Bertz CT molecular complexity index is 1340. The Morgan fingerprint density at radius 1 is 1.06 bits per heavy atom. The fourth-order valence-electron chi connectivity index (χ4n) is 4.22. The van der Waals surface area contributed by atoms with Gasteiger partial charge in [0.25, 0.3) is 0 Å². The van der Waals surface area contributed by atoms with E-state index in [0.717, 1.165) is 41.3 Å². The molecule has 0 aliphatic carbocycles. The van der Waals surface area contributed by atoms with Gasteiger partial charge in [0.2, 0.25) is 0 Å². The number of ether oxygens (including phenoxy) is 2. The predicted molar refractivity (Wildman–Crippen MR) is 127 cm³/mol. The molecule has 0 saturated carbocycles. The molecule has 0 spiro atoms. The summed E-state index contributed by atoms with van der Waals surface area (Å²) in [7, 11) is 0. The first-order chi connectivity index (χ1) is 16.6. The van der Waals surface area contributed by atoms with Gasteiger partial charge in [0.1, 0.15) is 5.69 Å². The number of fused-ring (bicyclic) bond motifs is 1. The van der Waals surface area contributed by atoms with Crippen molar-refractivity contribution in [1.82, 2.24) is 14.8 Å². The van der Waals surface area contributed by atoms with E-state index in [1.807, 2.05) is 35.0 Å². The third kappa shape index (κ3) is 4.27. The number of hydrogen-bond acceptors (Lipinski definition) is 6. The lowest BCUT2D eigenvalue weighted by Gasteiger charge is -2.23. The fourth-order valence-corrected chi connectivity index (χ4v) is 4.22. The molecule has 2 aromatic carbocycles. The van der Waals surface area contributed by atoms with Crippen LogP contribution in [0.4, 0.5) is 10.5 Å². The molecule has 0 bridgehead atoms. The van der Waals surface area contributed by atoms with Gasteiger partial charge in [0.05, 0.1) is 22.2 Å². The number of esters is 1. The lowest BCUT2D eigenvalue weighted by Crippen LogP contribution is -2.20. The molecule has 1 saturated heterocycles. The highest BCUT2D eigenvalue weighted by Crippen LogP contribution is 2.36. The summed E-state index contributed by atoms with van der Waals surface area (Å²) in [5.74, 6) is -0.705. The molecule has 3 heterocycles. The van der Waals surface area contributed by atoms with Crippen molar-refractivity contribution in [3.05, 3.63) is 78.1 Å². The Morgan fingerprint density at radius 3 is 2.65 bits per heavy atom. The molecule has 1 fully saturated rings. The molecule has 8 heteroatoms. The van der Waals surface area contributed by atoms with Gasteiger partial charge in [-0.1, -0.05) is 24.3 Å². The zero-order valence-electron chi connectivity index (χ0n) is 18.7. The smallest absolute Gasteiger partial charge is 0.372 e. The minimum atomic E-state index is -0.858. The molecule has 1 amide bonds. The van der Waals surface area contributed by atoms with Crippen molar-refractivity contribution in [3.63, 3.8) is 0 Å². The van der Waals surface area contributed by atoms with Gasteiger partial charge in [-0.2, -0.15) is 5.10 Å². The van der Waals surface area contributed by atoms with E-state index in [4.69, 9.17) is 14.6 Å². The number of carbonyl (C=O) groups is 2. The summed E-state index contributed by atoms with van der Waals surface area (Å²) in [5, 5.41) is 8.35. The SMILES string of the molecule is Cc1ccccc1C(=O)OC(=O)Nc1cccc2c1c(-c1ccncc1)nn2C1CCCCO1. The van der Waals surface area contributed by atoms with Crippen molar-refractivity contribution < 1.29 is 19.1 Å². The highest BCUT2D eigenvalue weighted by molar-refractivity contribution is 6.08. The van der Waals surface area contributed by atoms with Crippen molar-refractivity contribution in [2.75, 3.05) is 11.9 Å². The van der Waals surface area contributed by atoms with E-state index in [2.05, 4.69) is 10.3 Å². The number of rotatable bonds is 4. The van der Waals surface area contributed by atoms with E-state index in [1.165, 1.54) is 0 Å². The zero-order chi connectivity index (χ0) is 23.5. The second kappa shape index (κ2) is 9.44. The lowest BCUT2D eigenvalue weighted by molar-refractivity contribution is -0.0365. The summed E-state index contributed by atoms with van der Waals surface area (Å²) in [6.07, 6.45) is 5.30. The Balaban J connectivity index is 1.51. The van der Waals surface area contributed by atoms with E-state index in [9.17, 15) is 9.59 Å². The third-order valence-corrected chi connectivity index (χ3v) is 5.90. The number of amides is 1. The van der Waals surface area contributed by atoms with Crippen LogP contribution in [-0.4, -0.2) is 33.4 Å². The molecule has 1 aliphatic rings. The minimum Gasteiger partial charge on any atom is -0.372 e. The number of aryl methyl sites for hydroxylation is 1. The summed E-state index contributed by atoms with van der Waals surface area (Å²) in [6, 6.07) is 16.2. The van der Waals surface area contributed by atoms with Gasteiger partial charge >= 0.3 is 12.1 Å². The first kappa shape index (κ1) is 21.8. The first-order valence-corrected chi connectivity index (χ1v) is 11.2. The second-order valence-electron chi connectivity index (χ2n) is 8.17. The summed E-state index contributed by atoms with van der Waals surface area (Å²) < 4.78 is 12.9. The van der Waals surface area contributed by atoms with Crippen LogP contribution >= 0.6 is 0 Å². The molecule has 5 rings (SSSR count). The maximum Gasteiger partial charge on any atom is 0.419 e. The summed E-state index contributed by atoms with van der Waals surface area (Å²) in [6.45, 7) is 2.47. The maximum atomic E-state index is 12.7. The Morgan fingerprint density at radius 2 is 1.88 bits per heavy atom. The van der Waals surface area contributed by atoms with Crippen LogP contribution in [0.3, 0.4) is 0 Å². The number of carbonyl (C=O) groups excluding carboxylic acids is 2. The lowest BCUT2D eigenvalue weighted by atomic mass is 10.1. The van der Waals surface area contributed by atoms with Gasteiger partial charge in [0, 0.05) is 24.6 Å². The number of nitrogens with one attached hydrogen (secondary N) is 1. The minimum absolute atomic E-state index is 0.184. The molecule has 1 unspecified atom stereocenters. The van der Waals surface area contributed by atoms with E-state index in [-0.39, 0.29) is 6.23 Å². The Labute approximate surface area is 196 Å². The molecule has 8 nitrogen and oxygen atoms in total. The number of pyridine rings is 1. The van der Waals surface area contributed by atoms with Crippen molar-refractivity contribution in [2.45, 2.75) is 32.4 Å². The quantitative estimate of drug-likeness (QED) is 0.322. The van der Waals surface area contributed by atoms with Crippen molar-refractivity contribution in [2.24, 2.45) is 0 Å². The second-order valence-corrected chi connectivity index (χ2v) is 8.17. The molecule has 34 heavy (non-hydrogen) atoms. The molecule has 1 N–H and O–H groups in total. The van der Waals surface area contributed by atoms with Gasteiger partial charge in [-0.05, 0) is 62.1 Å². The van der Waals surface area contributed by atoms with Crippen molar-refractivity contribution in [1.29, 1.82) is 0 Å². The third-order valence-electron chi connectivity index (χ3n) is 5.90. The summed E-state index contributed by atoms with van der Waals surface area (Å²) in [4.78, 5) is 29.3. The van der Waals surface area contributed by atoms with Crippen LogP contribution in [0.2, 0.25) is 0 Å². The van der Waals surface area contributed by atoms with Gasteiger partial charge in [-0.3, -0.25) is 10.3 Å². The normalized spacial score (nSPS) is 15.7. The molecule has 0 radical (unpaired) electrons. The van der Waals surface area contributed by atoms with Gasteiger partial charge in [0.15, 0.2) is 6.23 Å². The largest absolute Gasteiger partial charge is 0.419 e. The molecule has 1 atom stereocenters. The van der Waals surface area contributed by atoms with Crippen LogP contribution in [0, 0.1) is 6.92 Å². The van der Waals surface area contributed by atoms with Crippen LogP contribution in [0.5, 0.6) is 0 Å². The average Bonchev–Trinajstić information content (AvgIpc) is 3.26. The van der Waals surface area contributed by atoms with Crippen LogP contribution in [0.15, 0.2) is 67.0 Å². The van der Waals surface area contributed by atoms with Crippen LogP contribution in [0.25, 0.3) is 22.2 Å². The van der Waals surface area contributed by atoms with Gasteiger partial charge < -0.3 is 9.47 Å². The summed E-state index contributed by atoms with van der Waals surface area (Å²) in [5.41, 5.74) is 3.93. The van der Waals surface area contributed by atoms with Crippen molar-refractivity contribution >= 4 is 28.7 Å². The van der Waals surface area contributed by atoms with Crippen molar-refractivity contribution in [3.8, 4) is 11.3 Å². The van der Waals surface area contributed by atoms with E-state index < -0.39 is 12.1 Å². The molecular formula is C26H24N4O4. The van der Waals surface area contributed by atoms with E-state index in [0.29, 0.717) is 23.6 Å². The number of hydrogen-bond donors (Lipinski definition) is 1. The van der Waals surface area contributed by atoms with E-state index >= 15 is 0 Å². The average molecular weight is 457 g/mol. The van der Waals surface area contributed by atoms with E-state index in [1.54, 1.807) is 43.6 Å². The first-order valence-electron chi connectivity index (χ1n) is 11.2. The molecule has 1 aliphatic heterocycles. The maximum absolute atomic E-state index is 12.7. The molecule has 172 valence electrons. The fraction of sp³-hybridized carbons (Fsp3) is 0.231. The monoisotopic (exact) mass is 456 g/mol. The van der Waals surface area contributed by atoms with Crippen LogP contribution in [0.1, 0.15) is 41.4 Å². The Kier molecular flexibility index (Phi) is 6.05. The molecule has 2 aromatic heterocycles. The molecular weight excluding hydrogens is 432 g/mol. The van der Waals surface area contributed by atoms with Gasteiger partial charge in [-0.25, -0.2) is 14.3 Å². The van der Waals surface area contributed by atoms with Crippen LogP contribution in [-0.2, 0) is 9.47 Å². The highest BCUT2D eigenvalue weighted by atomic mass is 16.6. The zero-order valence-corrected chi connectivity index (χ0v) is 18.7. The number of aromatic nitrogens is 3. The Hall–Kier alpha value is -4.04. The predicted octanol–water partition coefficient (Wildman–Crippen LogP) is 5.49. The molecule has 4 aromatic rings. The highest BCUT2D eigenvalue weighted by Gasteiger charge is 2.24. The topological polar surface area (TPSA) is 95.3 Å². The number of anilines is 1. The number of nitrogens with zero attached hydrogens (tertiary/aromatic N) is 3. The summed E-state index contributed by atoms with van der Waals surface area (Å²) >= 11 is 0. The number of benzene rings is 2. The standard InChI is InChI=1S/C26H24N4O4/c1-17-7-2-3-8-19(17)25(31)34-26(32)28-20-9-6-10-21-23(20)24(18-12-14-27-15-13-18)29-30(21)22-11-4-5-16-33-22/h2-3,6-10,12-15,22H,4-5,11,16H2,1H3,(H,28,32).